The second-order valence-corrected chi connectivity index (χ2v) is 6.70. The number of carbonyl (C=O) groups excluding carboxylic acids is 2. The Balaban J connectivity index is 1.57. The minimum Gasteiger partial charge on any atom is -0.497 e. The number of aromatic nitrogens is 1. The van der Waals surface area contributed by atoms with E-state index in [0.717, 1.165) is 5.56 Å². The van der Waals surface area contributed by atoms with Gasteiger partial charge in [-0.05, 0) is 24.3 Å². The van der Waals surface area contributed by atoms with Gasteiger partial charge in [0, 0.05) is 27.7 Å². The maximum Gasteiger partial charge on any atom is 0.358 e. The second kappa shape index (κ2) is 8.66. The van der Waals surface area contributed by atoms with Crippen LogP contribution < -0.4 is 10.1 Å². The number of rotatable bonds is 6. The first-order chi connectivity index (χ1) is 13.0. The van der Waals surface area contributed by atoms with Gasteiger partial charge in [0.1, 0.15) is 10.8 Å². The van der Waals surface area contributed by atoms with E-state index in [1.807, 2.05) is 6.07 Å². The predicted molar refractivity (Wildman–Crippen MR) is 104 cm³/mol. The maximum absolute atomic E-state index is 12.1. The zero-order chi connectivity index (χ0) is 19.2. The molecule has 6 nitrogen and oxygen atoms in total. The molecule has 138 valence electrons. The number of esters is 1. The molecule has 0 aliphatic rings. The molecule has 0 saturated carbocycles. The molecule has 0 fully saturated rings. The highest BCUT2D eigenvalue weighted by Crippen LogP contribution is 2.26. The van der Waals surface area contributed by atoms with Crippen LogP contribution in [0.15, 0.2) is 53.9 Å². The topological polar surface area (TPSA) is 77.5 Å². The Hall–Kier alpha value is -2.90. The summed E-state index contributed by atoms with van der Waals surface area (Å²) in [4.78, 5) is 28.3. The number of nitrogens with zero attached hydrogens (tertiary/aromatic N) is 1. The highest BCUT2D eigenvalue weighted by atomic mass is 35.5. The molecule has 8 heteroatoms. The summed E-state index contributed by atoms with van der Waals surface area (Å²) >= 11 is 7.26. The summed E-state index contributed by atoms with van der Waals surface area (Å²) in [5.74, 6) is -0.511. The van der Waals surface area contributed by atoms with E-state index in [-0.39, 0.29) is 5.69 Å². The van der Waals surface area contributed by atoms with E-state index < -0.39 is 18.5 Å². The molecule has 0 unspecified atom stereocenters. The highest BCUT2D eigenvalue weighted by molar-refractivity contribution is 7.13. The molecule has 0 radical (unpaired) electrons. The van der Waals surface area contributed by atoms with Crippen molar-refractivity contribution in [3.05, 3.63) is 64.6 Å². The number of thiazole rings is 1. The van der Waals surface area contributed by atoms with Crippen molar-refractivity contribution in [1.29, 1.82) is 0 Å². The fourth-order valence-corrected chi connectivity index (χ4v) is 3.20. The second-order valence-electron chi connectivity index (χ2n) is 5.40. The van der Waals surface area contributed by atoms with Crippen molar-refractivity contribution in [2.24, 2.45) is 0 Å². The summed E-state index contributed by atoms with van der Waals surface area (Å²) in [6.07, 6.45) is 0. The first kappa shape index (κ1) is 18.9. The molecule has 27 heavy (non-hydrogen) atoms. The molecule has 0 spiro atoms. The van der Waals surface area contributed by atoms with Crippen LogP contribution >= 0.6 is 22.9 Å². The minimum atomic E-state index is -0.666. The van der Waals surface area contributed by atoms with Crippen molar-refractivity contribution in [3.63, 3.8) is 0 Å². The average Bonchev–Trinajstić information content (AvgIpc) is 3.16. The summed E-state index contributed by atoms with van der Waals surface area (Å²) in [6.45, 7) is -0.417. The van der Waals surface area contributed by atoms with Crippen LogP contribution in [0.4, 0.5) is 5.69 Å². The van der Waals surface area contributed by atoms with Gasteiger partial charge < -0.3 is 14.8 Å². The van der Waals surface area contributed by atoms with Crippen LogP contribution in [-0.2, 0) is 9.53 Å². The zero-order valence-corrected chi connectivity index (χ0v) is 15.8. The number of ether oxygens (including phenoxy) is 2. The maximum atomic E-state index is 12.1. The van der Waals surface area contributed by atoms with E-state index in [4.69, 9.17) is 21.1 Å². The molecule has 0 atom stereocenters. The summed E-state index contributed by atoms with van der Waals surface area (Å²) in [6, 6.07) is 14.0. The molecule has 2 aromatic carbocycles. The van der Waals surface area contributed by atoms with Gasteiger partial charge in [0.15, 0.2) is 12.3 Å². The van der Waals surface area contributed by atoms with Crippen LogP contribution in [0, 0.1) is 0 Å². The third-order valence-electron chi connectivity index (χ3n) is 3.47. The summed E-state index contributed by atoms with van der Waals surface area (Å²) < 4.78 is 10.1. The molecule has 1 amide bonds. The van der Waals surface area contributed by atoms with E-state index in [1.165, 1.54) is 18.4 Å². The molecular formula is C19H15ClN2O4S. The van der Waals surface area contributed by atoms with Crippen molar-refractivity contribution < 1.29 is 19.1 Å². The van der Waals surface area contributed by atoms with Crippen LogP contribution in [0.2, 0.25) is 5.02 Å². The van der Waals surface area contributed by atoms with Gasteiger partial charge in [-0.15, -0.1) is 11.3 Å². The van der Waals surface area contributed by atoms with Crippen LogP contribution in [0.25, 0.3) is 10.6 Å². The molecule has 3 rings (SSSR count). The van der Waals surface area contributed by atoms with Crippen molar-refractivity contribution in [2.75, 3.05) is 19.0 Å². The average molecular weight is 403 g/mol. The largest absolute Gasteiger partial charge is 0.497 e. The number of carbonyl (C=O) groups is 2. The number of anilines is 1. The SMILES string of the molecule is COc1cccc(NC(=O)COC(=O)c2csc(-c3cccc(Cl)c3)n2)c1. The first-order valence-corrected chi connectivity index (χ1v) is 9.13. The molecule has 1 N–H and O–H groups in total. The summed E-state index contributed by atoms with van der Waals surface area (Å²) in [7, 11) is 1.54. The monoisotopic (exact) mass is 402 g/mol. The van der Waals surface area contributed by atoms with Crippen LogP contribution in [-0.4, -0.2) is 30.6 Å². The van der Waals surface area contributed by atoms with Crippen LogP contribution in [0.5, 0.6) is 5.75 Å². The van der Waals surface area contributed by atoms with E-state index >= 15 is 0 Å². The van der Waals surface area contributed by atoms with Gasteiger partial charge in [0.25, 0.3) is 5.91 Å². The fraction of sp³-hybridized carbons (Fsp3) is 0.105. The number of hydrogen-bond acceptors (Lipinski definition) is 6. The van der Waals surface area contributed by atoms with Crippen molar-refractivity contribution in [2.45, 2.75) is 0 Å². The van der Waals surface area contributed by atoms with Crippen molar-refractivity contribution in [1.82, 2.24) is 4.98 Å². The number of methoxy groups -OCH3 is 1. The van der Waals surface area contributed by atoms with E-state index in [9.17, 15) is 9.59 Å². The van der Waals surface area contributed by atoms with Gasteiger partial charge in [-0.3, -0.25) is 4.79 Å². The molecule has 0 aliphatic heterocycles. The zero-order valence-electron chi connectivity index (χ0n) is 14.3. The lowest BCUT2D eigenvalue weighted by atomic mass is 10.2. The molecule has 1 aromatic heterocycles. The number of benzene rings is 2. The number of nitrogens with one attached hydrogen (secondary N) is 1. The van der Waals surface area contributed by atoms with Gasteiger partial charge in [-0.2, -0.15) is 0 Å². The third-order valence-corrected chi connectivity index (χ3v) is 4.60. The smallest absolute Gasteiger partial charge is 0.358 e. The predicted octanol–water partition coefficient (Wildman–Crippen LogP) is 4.27. The molecule has 1 heterocycles. The fourth-order valence-electron chi connectivity index (χ4n) is 2.22. The molecular weight excluding hydrogens is 388 g/mol. The standard InChI is InChI=1S/C19H15ClN2O4S/c1-25-15-7-3-6-14(9-15)21-17(23)10-26-19(24)16-11-27-18(22-16)12-4-2-5-13(20)8-12/h2-9,11H,10H2,1H3,(H,21,23). The molecule has 3 aromatic rings. The van der Waals surface area contributed by atoms with Gasteiger partial charge in [-0.1, -0.05) is 29.8 Å². The Morgan fingerprint density at radius 2 is 2.00 bits per heavy atom. The lowest BCUT2D eigenvalue weighted by Gasteiger charge is -2.07. The molecule has 0 aliphatic carbocycles. The number of halogens is 1. The molecule has 0 bridgehead atoms. The van der Waals surface area contributed by atoms with Gasteiger partial charge in [0.05, 0.1) is 7.11 Å². The van der Waals surface area contributed by atoms with Crippen molar-refractivity contribution >= 4 is 40.5 Å². The van der Waals surface area contributed by atoms with Crippen LogP contribution in [0.1, 0.15) is 10.5 Å². The Bertz CT molecular complexity index is 974. The van der Waals surface area contributed by atoms with Gasteiger partial charge in [0.2, 0.25) is 0 Å². The van der Waals surface area contributed by atoms with E-state index in [2.05, 4.69) is 10.3 Å². The molecule has 0 saturated heterocycles. The minimum absolute atomic E-state index is 0.143. The quantitative estimate of drug-likeness (QED) is 0.623. The van der Waals surface area contributed by atoms with Gasteiger partial charge in [-0.25, -0.2) is 9.78 Å². The Morgan fingerprint density at radius 1 is 1.19 bits per heavy atom. The lowest BCUT2D eigenvalue weighted by molar-refractivity contribution is -0.119. The lowest BCUT2D eigenvalue weighted by Crippen LogP contribution is -2.21. The number of hydrogen-bond donors (Lipinski definition) is 1. The Morgan fingerprint density at radius 3 is 2.78 bits per heavy atom. The van der Waals surface area contributed by atoms with E-state index in [0.29, 0.717) is 21.5 Å². The van der Waals surface area contributed by atoms with Crippen LogP contribution in [0.3, 0.4) is 0 Å². The summed E-state index contributed by atoms with van der Waals surface area (Å²) in [5, 5.41) is 5.44. The Kier molecular flexibility index (Phi) is 6.05. The van der Waals surface area contributed by atoms with Crippen molar-refractivity contribution in [3.8, 4) is 16.3 Å². The highest BCUT2D eigenvalue weighted by Gasteiger charge is 2.15. The first-order valence-electron chi connectivity index (χ1n) is 7.87. The van der Waals surface area contributed by atoms with Gasteiger partial charge >= 0.3 is 5.97 Å². The van der Waals surface area contributed by atoms with E-state index in [1.54, 1.807) is 47.8 Å². The summed E-state index contributed by atoms with van der Waals surface area (Å²) in [5.41, 5.74) is 1.50. The third kappa shape index (κ3) is 5.06. The Labute approximate surface area is 164 Å². The number of amides is 1. The normalized spacial score (nSPS) is 10.3.